The van der Waals surface area contributed by atoms with E-state index in [9.17, 15) is 26.3 Å². The molecule has 0 atom stereocenters. The van der Waals surface area contributed by atoms with Gasteiger partial charge >= 0.3 is 12.4 Å². The first-order valence-electron chi connectivity index (χ1n) is 13.3. The molecule has 0 bridgehead atoms. The first-order valence-corrected chi connectivity index (χ1v) is 13.3. The van der Waals surface area contributed by atoms with E-state index in [0.717, 1.165) is 41.0 Å². The fourth-order valence-corrected chi connectivity index (χ4v) is 4.02. The zero-order chi connectivity index (χ0) is 31.8. The molecule has 0 N–H and O–H groups in total. The minimum atomic E-state index is -4.33. The highest BCUT2D eigenvalue weighted by atomic mass is 19.4. The van der Waals surface area contributed by atoms with E-state index in [1.807, 2.05) is 81.3 Å². The summed E-state index contributed by atoms with van der Waals surface area (Å²) in [5, 5.41) is 0. The van der Waals surface area contributed by atoms with Gasteiger partial charge in [-0.15, -0.1) is 0 Å². The Hall–Kier alpha value is -4.02. The van der Waals surface area contributed by atoms with Crippen LogP contribution in [0.15, 0.2) is 91.0 Å². The van der Waals surface area contributed by atoms with Crippen molar-refractivity contribution in [3.8, 4) is 23.0 Å². The van der Waals surface area contributed by atoms with Gasteiger partial charge in [0.1, 0.15) is 23.0 Å². The van der Waals surface area contributed by atoms with Crippen LogP contribution in [-0.4, -0.2) is 38.0 Å². The van der Waals surface area contributed by atoms with E-state index < -0.39 is 23.5 Å². The summed E-state index contributed by atoms with van der Waals surface area (Å²) in [7, 11) is 7.78. The quantitative estimate of drug-likeness (QED) is 0.187. The van der Waals surface area contributed by atoms with Gasteiger partial charge in [-0.2, -0.15) is 26.3 Å². The summed E-state index contributed by atoms with van der Waals surface area (Å²) in [6.07, 6.45) is -8.67. The van der Waals surface area contributed by atoms with E-state index >= 15 is 0 Å². The average Bonchev–Trinajstić information content (AvgIpc) is 2.91. The minimum Gasteiger partial charge on any atom is -0.457 e. The van der Waals surface area contributed by atoms with Crippen LogP contribution in [0.25, 0.3) is 0 Å². The van der Waals surface area contributed by atoms with Gasteiger partial charge in [0, 0.05) is 24.2 Å². The lowest BCUT2D eigenvalue weighted by atomic mass is 10.1. The molecule has 0 aliphatic heterocycles. The fraction of sp³-hybridized carbons (Fsp3) is 0.273. The number of alkyl halides is 6. The molecule has 0 radical (unpaired) electrons. The smallest absolute Gasteiger partial charge is 0.416 e. The topological polar surface area (TPSA) is 24.9 Å². The molecular weight excluding hydrogens is 570 g/mol. The van der Waals surface area contributed by atoms with E-state index in [-0.39, 0.29) is 0 Å². The van der Waals surface area contributed by atoms with Gasteiger partial charge in [-0.3, -0.25) is 0 Å². The van der Waals surface area contributed by atoms with Gasteiger partial charge < -0.3 is 19.3 Å². The average molecular weight is 605 g/mol. The lowest BCUT2D eigenvalue weighted by Gasteiger charge is -2.16. The van der Waals surface area contributed by atoms with Crippen LogP contribution >= 0.6 is 0 Å². The van der Waals surface area contributed by atoms with Crippen molar-refractivity contribution in [2.75, 3.05) is 28.2 Å². The van der Waals surface area contributed by atoms with Gasteiger partial charge in [-0.05, 0) is 95.8 Å². The second-order valence-electron chi connectivity index (χ2n) is 10.4. The maximum Gasteiger partial charge on any atom is 0.416 e. The molecule has 0 aliphatic carbocycles. The fourth-order valence-electron chi connectivity index (χ4n) is 4.02. The highest BCUT2D eigenvalue weighted by Gasteiger charge is 2.30. The lowest BCUT2D eigenvalue weighted by molar-refractivity contribution is -0.138. The lowest BCUT2D eigenvalue weighted by Crippen LogP contribution is -2.11. The number of hydrogen-bond donors (Lipinski definition) is 0. The number of hydrogen-bond acceptors (Lipinski definition) is 4. The van der Waals surface area contributed by atoms with Crippen molar-refractivity contribution in [3.63, 3.8) is 0 Å². The Bertz CT molecular complexity index is 1450. The molecule has 0 heterocycles. The Balaban J connectivity index is 0.000000236. The largest absolute Gasteiger partial charge is 0.457 e. The monoisotopic (exact) mass is 604 g/mol. The molecule has 43 heavy (non-hydrogen) atoms. The number of para-hydroxylation sites is 1. The van der Waals surface area contributed by atoms with Gasteiger partial charge in [-0.25, -0.2) is 0 Å². The van der Waals surface area contributed by atoms with E-state index in [0.29, 0.717) is 36.1 Å². The van der Waals surface area contributed by atoms with Gasteiger partial charge in [0.25, 0.3) is 0 Å². The number of ether oxygens (including phenoxy) is 2. The molecule has 4 aromatic rings. The first kappa shape index (κ1) is 33.5. The molecule has 0 spiro atoms. The zero-order valence-corrected chi connectivity index (χ0v) is 24.6. The van der Waals surface area contributed by atoms with Gasteiger partial charge in [0.2, 0.25) is 0 Å². The summed E-state index contributed by atoms with van der Waals surface area (Å²) in [5.41, 5.74) is 1.71. The maximum atomic E-state index is 12.6. The van der Waals surface area contributed by atoms with Crippen molar-refractivity contribution in [3.05, 3.63) is 119 Å². The molecule has 0 amide bonds. The molecule has 0 saturated heterocycles. The maximum absolute atomic E-state index is 12.6. The van der Waals surface area contributed by atoms with E-state index in [4.69, 9.17) is 9.47 Å². The molecule has 230 valence electrons. The number of benzene rings is 4. The second kappa shape index (κ2) is 14.4. The summed E-state index contributed by atoms with van der Waals surface area (Å²) >= 11 is 0. The van der Waals surface area contributed by atoms with Crippen molar-refractivity contribution >= 4 is 0 Å². The molecule has 10 heteroatoms. The van der Waals surface area contributed by atoms with Crippen LogP contribution in [0.3, 0.4) is 0 Å². The first-order chi connectivity index (χ1) is 20.1. The second-order valence-corrected chi connectivity index (χ2v) is 10.4. The Morgan fingerprint density at radius 2 is 0.953 bits per heavy atom. The normalized spacial score (nSPS) is 11.7. The van der Waals surface area contributed by atoms with Crippen LogP contribution in [0.5, 0.6) is 23.0 Å². The van der Waals surface area contributed by atoms with Crippen LogP contribution in [0, 0.1) is 6.92 Å². The third-order valence-corrected chi connectivity index (χ3v) is 5.98. The van der Waals surface area contributed by atoms with Crippen molar-refractivity contribution < 1.29 is 35.8 Å². The van der Waals surface area contributed by atoms with Crippen molar-refractivity contribution in [2.45, 2.75) is 32.4 Å². The minimum absolute atomic E-state index is 0.384. The molecule has 0 saturated carbocycles. The molecule has 0 aromatic heterocycles. The van der Waals surface area contributed by atoms with E-state index in [2.05, 4.69) is 0 Å². The Morgan fingerprint density at radius 1 is 0.535 bits per heavy atom. The SMILES string of the molecule is CN(C)Cc1ccccc1Oc1ccc(C(F)(F)F)cc1.Cc1ccc(Oc2ccc(C(F)(F)F)cc2)c(CN(C)C)c1. The van der Waals surface area contributed by atoms with Crippen molar-refractivity contribution in [2.24, 2.45) is 0 Å². The van der Waals surface area contributed by atoms with E-state index in [1.54, 1.807) is 6.07 Å². The number of aryl methyl sites for hydroxylation is 1. The van der Waals surface area contributed by atoms with Crippen LogP contribution in [-0.2, 0) is 25.4 Å². The van der Waals surface area contributed by atoms with Crippen LogP contribution in [0.1, 0.15) is 27.8 Å². The predicted molar refractivity (Wildman–Crippen MR) is 155 cm³/mol. The third kappa shape index (κ3) is 10.6. The van der Waals surface area contributed by atoms with Crippen molar-refractivity contribution in [1.29, 1.82) is 0 Å². The summed E-state index contributed by atoms with van der Waals surface area (Å²) in [5.74, 6) is 2.07. The third-order valence-electron chi connectivity index (χ3n) is 5.98. The number of nitrogens with zero attached hydrogens (tertiary/aromatic N) is 2. The summed E-state index contributed by atoms with van der Waals surface area (Å²) in [6, 6.07) is 22.6. The van der Waals surface area contributed by atoms with E-state index in [1.165, 1.54) is 24.3 Å². The summed E-state index contributed by atoms with van der Waals surface area (Å²) in [4.78, 5) is 4.00. The molecule has 4 nitrogen and oxygen atoms in total. The standard InChI is InChI=1S/C17H18F3NO.C16H16F3NO/c1-12-4-9-16(13(10-12)11-21(2)3)22-15-7-5-14(6-8-15)17(18,19)20;1-20(2)11-12-5-3-4-6-15(12)21-14-9-7-13(8-10-14)16(17,18)19/h4-10H,11H2,1-3H3;3-10H,11H2,1-2H3. The molecule has 4 rings (SSSR count). The number of halogens is 6. The molecule has 4 aromatic carbocycles. The Labute approximate surface area is 248 Å². The van der Waals surface area contributed by atoms with Gasteiger partial charge in [0.05, 0.1) is 11.1 Å². The molecule has 0 aliphatic rings. The Kier molecular flexibility index (Phi) is 11.2. The van der Waals surface area contributed by atoms with Crippen molar-refractivity contribution in [1.82, 2.24) is 9.80 Å². The predicted octanol–water partition coefficient (Wildman–Crippen LogP) is 9.43. The summed E-state index contributed by atoms with van der Waals surface area (Å²) in [6.45, 7) is 3.37. The highest BCUT2D eigenvalue weighted by molar-refractivity contribution is 5.41. The highest BCUT2D eigenvalue weighted by Crippen LogP contribution is 2.34. The number of rotatable bonds is 8. The van der Waals surface area contributed by atoms with Crippen LogP contribution in [0.2, 0.25) is 0 Å². The molecular formula is C33H34F6N2O2. The van der Waals surface area contributed by atoms with Crippen LogP contribution in [0.4, 0.5) is 26.3 Å². The summed E-state index contributed by atoms with van der Waals surface area (Å²) < 4.78 is 86.6. The van der Waals surface area contributed by atoms with Crippen LogP contribution < -0.4 is 9.47 Å². The van der Waals surface area contributed by atoms with Gasteiger partial charge in [-0.1, -0.05) is 35.9 Å². The van der Waals surface area contributed by atoms with Gasteiger partial charge in [0.15, 0.2) is 0 Å². The zero-order valence-electron chi connectivity index (χ0n) is 24.6. The molecule has 0 unspecified atom stereocenters. The Morgan fingerprint density at radius 3 is 1.40 bits per heavy atom. The molecule has 0 fully saturated rings.